The molecule has 2 rings (SSSR count). The van der Waals surface area contributed by atoms with Crippen LogP contribution in [0.2, 0.25) is 0 Å². The average Bonchev–Trinajstić information content (AvgIpc) is 2.72. The van der Waals surface area contributed by atoms with E-state index < -0.39 is 11.6 Å². The highest BCUT2D eigenvalue weighted by Gasteiger charge is 2.51. The van der Waals surface area contributed by atoms with Gasteiger partial charge < -0.3 is 15.5 Å². The largest absolute Gasteiger partial charge is 0.336 e. The van der Waals surface area contributed by atoms with Crippen LogP contribution in [0.25, 0.3) is 0 Å². The number of carbonyl (C=O) groups excluding carboxylic acids is 3. The zero-order valence-corrected chi connectivity index (χ0v) is 9.87. The third-order valence-electron chi connectivity index (χ3n) is 2.98. The van der Waals surface area contributed by atoms with Crippen LogP contribution in [0, 0.1) is 0 Å². The van der Waals surface area contributed by atoms with Crippen LogP contribution in [0.1, 0.15) is 20.3 Å². The van der Waals surface area contributed by atoms with Crippen LogP contribution in [-0.2, 0) is 4.79 Å². The first-order valence-corrected chi connectivity index (χ1v) is 5.62. The van der Waals surface area contributed by atoms with Crippen LogP contribution in [0.5, 0.6) is 0 Å². The molecule has 0 saturated carbocycles. The Balaban J connectivity index is 2.02. The van der Waals surface area contributed by atoms with Crippen LogP contribution in [0.15, 0.2) is 0 Å². The lowest BCUT2D eigenvalue weighted by Gasteiger charge is -2.22. The van der Waals surface area contributed by atoms with E-state index in [9.17, 15) is 14.4 Å². The fraction of sp³-hybridized carbons (Fsp3) is 0.700. The van der Waals surface area contributed by atoms with E-state index in [4.69, 9.17) is 0 Å². The molecule has 0 aromatic rings. The quantitative estimate of drug-likeness (QED) is 0.534. The van der Waals surface area contributed by atoms with Crippen molar-refractivity contribution in [1.29, 1.82) is 0 Å². The lowest BCUT2D eigenvalue weighted by atomic mass is 10.00. The highest BCUT2D eigenvalue weighted by molar-refractivity contribution is 6.07. The Labute approximate surface area is 98.9 Å². The molecule has 1 atom stereocenters. The normalized spacial score (nSPS) is 27.6. The summed E-state index contributed by atoms with van der Waals surface area (Å²) in [6.45, 7) is 4.43. The lowest BCUT2D eigenvalue weighted by Crippen LogP contribution is -2.51. The van der Waals surface area contributed by atoms with Gasteiger partial charge in [0.15, 0.2) is 0 Å². The molecule has 0 aromatic carbocycles. The molecule has 0 aliphatic carbocycles. The van der Waals surface area contributed by atoms with Gasteiger partial charge in [0.1, 0.15) is 5.54 Å². The van der Waals surface area contributed by atoms with E-state index in [0.717, 1.165) is 0 Å². The summed E-state index contributed by atoms with van der Waals surface area (Å²) in [4.78, 5) is 36.1. The molecule has 2 fully saturated rings. The van der Waals surface area contributed by atoms with Gasteiger partial charge in [-0.05, 0) is 20.3 Å². The van der Waals surface area contributed by atoms with Crippen molar-refractivity contribution in [2.45, 2.75) is 31.8 Å². The minimum atomic E-state index is -0.925. The molecule has 2 aliphatic rings. The van der Waals surface area contributed by atoms with Gasteiger partial charge in [0.25, 0.3) is 5.91 Å². The lowest BCUT2D eigenvalue weighted by molar-refractivity contribution is -0.123. The molecule has 2 saturated heterocycles. The summed E-state index contributed by atoms with van der Waals surface area (Å²) in [7, 11) is 0. The van der Waals surface area contributed by atoms with E-state index in [1.807, 2.05) is 13.8 Å². The number of nitrogens with zero attached hydrogens (tertiary/aromatic N) is 1. The van der Waals surface area contributed by atoms with Gasteiger partial charge in [0, 0.05) is 12.6 Å². The molecule has 7 heteroatoms. The molecule has 2 aliphatic heterocycles. The molecule has 1 unspecified atom stereocenters. The second-order valence-electron chi connectivity index (χ2n) is 4.77. The van der Waals surface area contributed by atoms with Crippen LogP contribution >= 0.6 is 0 Å². The van der Waals surface area contributed by atoms with E-state index in [1.54, 1.807) is 4.90 Å². The maximum Gasteiger partial charge on any atom is 0.322 e. The second-order valence-corrected chi connectivity index (χ2v) is 4.77. The zero-order valence-electron chi connectivity index (χ0n) is 9.87. The Morgan fingerprint density at radius 2 is 2.18 bits per heavy atom. The van der Waals surface area contributed by atoms with Gasteiger partial charge in [-0.1, -0.05) is 0 Å². The fourth-order valence-electron chi connectivity index (χ4n) is 2.14. The van der Waals surface area contributed by atoms with Crippen LogP contribution in [0.4, 0.5) is 9.59 Å². The number of hydrogen-bond acceptors (Lipinski definition) is 3. The summed E-state index contributed by atoms with van der Waals surface area (Å²) in [6, 6.07) is -0.641. The molecule has 94 valence electrons. The fourth-order valence-corrected chi connectivity index (χ4v) is 2.14. The van der Waals surface area contributed by atoms with Gasteiger partial charge in [0.2, 0.25) is 0 Å². The smallest absolute Gasteiger partial charge is 0.322 e. The summed E-state index contributed by atoms with van der Waals surface area (Å²) in [5.74, 6) is -0.345. The summed E-state index contributed by atoms with van der Waals surface area (Å²) < 4.78 is 0. The topological polar surface area (TPSA) is 90.5 Å². The minimum Gasteiger partial charge on any atom is -0.336 e. The van der Waals surface area contributed by atoms with Gasteiger partial charge >= 0.3 is 12.1 Å². The molecule has 5 amide bonds. The highest BCUT2D eigenvalue weighted by Crippen LogP contribution is 2.24. The van der Waals surface area contributed by atoms with Crippen molar-refractivity contribution in [3.63, 3.8) is 0 Å². The van der Waals surface area contributed by atoms with Crippen molar-refractivity contribution < 1.29 is 14.4 Å². The average molecular weight is 240 g/mol. The Kier molecular flexibility index (Phi) is 2.68. The summed E-state index contributed by atoms with van der Waals surface area (Å²) in [6.07, 6.45) is 0.454. The third kappa shape index (κ3) is 2.04. The summed E-state index contributed by atoms with van der Waals surface area (Å²) in [5, 5.41) is 7.56. The van der Waals surface area contributed by atoms with Gasteiger partial charge in [0.05, 0.1) is 6.54 Å². The number of likely N-dealkylation sites (tertiary alicyclic amines) is 1. The molecule has 0 radical (unpaired) electrons. The summed E-state index contributed by atoms with van der Waals surface area (Å²) >= 11 is 0. The van der Waals surface area contributed by atoms with E-state index in [-0.39, 0.29) is 24.5 Å². The van der Waals surface area contributed by atoms with Crippen molar-refractivity contribution in [3.8, 4) is 0 Å². The number of hydrogen-bond donors (Lipinski definition) is 3. The van der Waals surface area contributed by atoms with E-state index in [2.05, 4.69) is 16.0 Å². The molecule has 2 heterocycles. The number of urea groups is 2. The zero-order chi connectivity index (χ0) is 12.6. The highest BCUT2D eigenvalue weighted by atomic mass is 16.2. The van der Waals surface area contributed by atoms with Gasteiger partial charge in [-0.25, -0.2) is 9.59 Å². The number of imide groups is 1. The first kappa shape index (κ1) is 11.7. The van der Waals surface area contributed by atoms with Gasteiger partial charge in [-0.3, -0.25) is 10.1 Å². The standard InChI is InChI=1S/C10H16N4O3/c1-6(2)11-9(17)14-4-3-10(5-14)7(15)12-8(16)13-10/h6H,3-5H2,1-2H3,(H,11,17)(H2,12,13,15,16). The van der Waals surface area contributed by atoms with Crippen LogP contribution < -0.4 is 16.0 Å². The monoisotopic (exact) mass is 240 g/mol. The SMILES string of the molecule is CC(C)NC(=O)N1CCC2(C1)NC(=O)NC2=O. The molecular weight excluding hydrogens is 224 g/mol. The van der Waals surface area contributed by atoms with E-state index in [1.165, 1.54) is 0 Å². The van der Waals surface area contributed by atoms with Crippen molar-refractivity contribution in [2.75, 3.05) is 13.1 Å². The third-order valence-corrected chi connectivity index (χ3v) is 2.98. The minimum absolute atomic E-state index is 0.0473. The van der Waals surface area contributed by atoms with Gasteiger partial charge in [-0.15, -0.1) is 0 Å². The Morgan fingerprint density at radius 1 is 1.47 bits per heavy atom. The first-order valence-electron chi connectivity index (χ1n) is 5.62. The molecular formula is C10H16N4O3. The molecule has 0 aromatic heterocycles. The molecule has 1 spiro atoms. The summed E-state index contributed by atoms with van der Waals surface area (Å²) in [5.41, 5.74) is -0.925. The number of rotatable bonds is 1. The molecule has 17 heavy (non-hydrogen) atoms. The second kappa shape index (κ2) is 3.90. The number of nitrogens with one attached hydrogen (secondary N) is 3. The van der Waals surface area contributed by atoms with Gasteiger partial charge in [-0.2, -0.15) is 0 Å². The van der Waals surface area contributed by atoms with Crippen LogP contribution in [-0.4, -0.2) is 47.5 Å². The number of amides is 5. The predicted molar refractivity (Wildman–Crippen MR) is 59.3 cm³/mol. The Hall–Kier alpha value is -1.79. The predicted octanol–water partition coefficient (Wildman–Crippen LogP) is -0.612. The van der Waals surface area contributed by atoms with Crippen molar-refractivity contribution in [1.82, 2.24) is 20.9 Å². The van der Waals surface area contributed by atoms with Crippen LogP contribution in [0.3, 0.4) is 0 Å². The first-order chi connectivity index (χ1) is 7.93. The molecule has 7 nitrogen and oxygen atoms in total. The maximum atomic E-state index is 11.8. The Morgan fingerprint density at radius 3 is 2.71 bits per heavy atom. The van der Waals surface area contributed by atoms with Crippen molar-refractivity contribution in [3.05, 3.63) is 0 Å². The number of carbonyl (C=O) groups is 3. The van der Waals surface area contributed by atoms with Crippen molar-refractivity contribution in [2.24, 2.45) is 0 Å². The molecule has 0 bridgehead atoms. The molecule has 3 N–H and O–H groups in total. The maximum absolute atomic E-state index is 11.8. The van der Waals surface area contributed by atoms with E-state index in [0.29, 0.717) is 13.0 Å². The Bertz CT molecular complexity index is 382. The van der Waals surface area contributed by atoms with E-state index >= 15 is 0 Å². The van der Waals surface area contributed by atoms with Crippen molar-refractivity contribution >= 4 is 18.0 Å².